The molecule has 0 saturated heterocycles. The van der Waals surface area contributed by atoms with E-state index in [9.17, 15) is 34.1 Å². The highest BCUT2D eigenvalue weighted by Gasteiger charge is 2.28. The minimum atomic E-state index is -4.75. The number of carbonyl (C=O) groups excluding carboxylic acids is 2. The van der Waals surface area contributed by atoms with Crippen LogP contribution in [0.5, 0.6) is 0 Å². The maximum atomic E-state index is 12.3. The average molecular weight is 788 g/mol. The number of hydrogen-bond acceptors (Lipinski definition) is 8. The number of phosphoric ester groups is 1. The van der Waals surface area contributed by atoms with Crippen LogP contribution in [0.3, 0.4) is 0 Å². The maximum absolute atomic E-state index is 12.3. The quantitative estimate of drug-likeness (QED) is 0.0203. The van der Waals surface area contributed by atoms with E-state index in [0.29, 0.717) is 12.8 Å². The molecule has 0 radical (unpaired) electrons. The van der Waals surface area contributed by atoms with Crippen molar-refractivity contribution in [2.45, 2.75) is 206 Å². The molecular weight excluding hydrogens is 709 g/mol. The van der Waals surface area contributed by atoms with Crippen LogP contribution in [0.2, 0.25) is 0 Å². The Labute approximate surface area is 328 Å². The molecule has 0 bridgehead atoms. The second kappa shape index (κ2) is 37.9. The van der Waals surface area contributed by atoms with E-state index in [2.05, 4.69) is 43.5 Å². The van der Waals surface area contributed by atoms with Crippen LogP contribution in [-0.4, -0.2) is 64.9 Å². The molecule has 12 heteroatoms. The van der Waals surface area contributed by atoms with Crippen molar-refractivity contribution in [3.05, 3.63) is 24.3 Å². The van der Waals surface area contributed by atoms with Crippen LogP contribution in [-0.2, 0) is 32.7 Å². The molecule has 11 nitrogen and oxygen atoms in total. The SMILES string of the molecule is CCCCCCC/C=C\CCCCCCCC(=O)OCC(O)COP(=O)(O)OCC(NC(=O)CCCCCCC/C=C\CCCCCCCCC)C(=O)O. The van der Waals surface area contributed by atoms with Gasteiger partial charge in [0.25, 0.3) is 0 Å². The van der Waals surface area contributed by atoms with Crippen LogP contribution in [0, 0.1) is 0 Å². The molecule has 0 spiro atoms. The second-order valence-corrected chi connectivity index (χ2v) is 16.0. The number of carboxylic acid groups (broad SMARTS) is 1. The number of aliphatic hydroxyl groups is 1. The number of esters is 1. The first-order valence-corrected chi connectivity index (χ1v) is 22.9. The monoisotopic (exact) mass is 788 g/mol. The number of carbonyl (C=O) groups is 3. The lowest BCUT2D eigenvalue weighted by Crippen LogP contribution is -2.43. The summed E-state index contributed by atoms with van der Waals surface area (Å²) in [5, 5.41) is 21.8. The van der Waals surface area contributed by atoms with Gasteiger partial charge in [-0.25, -0.2) is 9.36 Å². The van der Waals surface area contributed by atoms with Crippen LogP contribution in [0.1, 0.15) is 194 Å². The molecule has 0 aromatic rings. The Balaban J connectivity index is 3.94. The molecule has 0 heterocycles. The number of allylic oxidation sites excluding steroid dienone is 4. The summed E-state index contributed by atoms with van der Waals surface area (Å²) in [7, 11) is -4.75. The first-order chi connectivity index (χ1) is 26.1. The number of aliphatic carboxylic acids is 1. The number of nitrogens with one attached hydrogen (secondary N) is 1. The normalized spacial score (nSPS) is 14.0. The Kier molecular flexibility index (Phi) is 36.4. The molecule has 0 fully saturated rings. The van der Waals surface area contributed by atoms with E-state index >= 15 is 0 Å². The Bertz CT molecular complexity index is 1020. The molecule has 0 aliphatic rings. The number of phosphoric acid groups is 1. The molecule has 54 heavy (non-hydrogen) atoms. The highest BCUT2D eigenvalue weighted by Crippen LogP contribution is 2.43. The third-order valence-electron chi connectivity index (χ3n) is 9.21. The molecule has 4 N–H and O–H groups in total. The van der Waals surface area contributed by atoms with E-state index in [4.69, 9.17) is 13.8 Å². The topological polar surface area (TPSA) is 169 Å². The van der Waals surface area contributed by atoms with Gasteiger partial charge in [-0.15, -0.1) is 0 Å². The zero-order valence-corrected chi connectivity index (χ0v) is 34.9. The lowest BCUT2D eigenvalue weighted by Gasteiger charge is -2.18. The van der Waals surface area contributed by atoms with Crippen molar-refractivity contribution in [3.63, 3.8) is 0 Å². The van der Waals surface area contributed by atoms with Gasteiger partial charge in [-0.3, -0.25) is 18.6 Å². The van der Waals surface area contributed by atoms with E-state index in [1.54, 1.807) is 0 Å². The second-order valence-electron chi connectivity index (χ2n) is 14.5. The first-order valence-electron chi connectivity index (χ1n) is 21.4. The van der Waals surface area contributed by atoms with Gasteiger partial charge in [-0.1, -0.05) is 141 Å². The zero-order chi connectivity index (χ0) is 40.0. The Morgan fingerprint density at radius 3 is 1.41 bits per heavy atom. The standard InChI is InChI=1S/C42H78NO10P/c1-3-5-7-9-11-13-15-17-19-20-21-23-25-27-29-31-33-40(45)43-39(42(47)48)37-53-54(49,50)52-36-38(44)35-51-41(46)34-32-30-28-26-24-22-18-16-14-12-10-8-6-4-2/h16,18-20,38-39,44H,3-15,17,21-37H2,1-2H3,(H,43,45)(H,47,48)(H,49,50)/b18-16-,20-19-. The Morgan fingerprint density at radius 1 is 0.574 bits per heavy atom. The predicted molar refractivity (Wildman–Crippen MR) is 217 cm³/mol. The minimum absolute atomic E-state index is 0.136. The van der Waals surface area contributed by atoms with Crippen molar-refractivity contribution in [3.8, 4) is 0 Å². The summed E-state index contributed by atoms with van der Waals surface area (Å²) in [4.78, 5) is 45.8. The summed E-state index contributed by atoms with van der Waals surface area (Å²) in [6.07, 6.45) is 37.7. The minimum Gasteiger partial charge on any atom is -0.480 e. The van der Waals surface area contributed by atoms with Gasteiger partial charge in [-0.05, 0) is 64.2 Å². The third kappa shape index (κ3) is 36.9. The molecule has 0 saturated carbocycles. The smallest absolute Gasteiger partial charge is 0.472 e. The third-order valence-corrected chi connectivity index (χ3v) is 10.2. The summed E-state index contributed by atoms with van der Waals surface area (Å²) in [6, 6.07) is -1.55. The predicted octanol–water partition coefficient (Wildman–Crippen LogP) is 10.7. The fraction of sp³-hybridized carbons (Fsp3) is 0.833. The molecule has 3 unspecified atom stereocenters. The number of rotatable bonds is 40. The van der Waals surface area contributed by atoms with E-state index in [0.717, 1.165) is 77.0 Å². The molecule has 0 aromatic heterocycles. The number of amides is 1. The molecule has 0 aliphatic carbocycles. The van der Waals surface area contributed by atoms with Gasteiger partial charge in [0.1, 0.15) is 12.7 Å². The highest BCUT2D eigenvalue weighted by atomic mass is 31.2. The molecule has 3 atom stereocenters. The maximum Gasteiger partial charge on any atom is 0.472 e. The fourth-order valence-corrected chi connectivity index (χ4v) is 6.61. The van der Waals surface area contributed by atoms with Crippen LogP contribution in [0.4, 0.5) is 0 Å². The molecular formula is C42H78NO10P. The van der Waals surface area contributed by atoms with Crippen molar-refractivity contribution >= 4 is 25.7 Å². The van der Waals surface area contributed by atoms with Gasteiger partial charge in [0.05, 0.1) is 13.2 Å². The van der Waals surface area contributed by atoms with Gasteiger partial charge in [0, 0.05) is 12.8 Å². The van der Waals surface area contributed by atoms with Gasteiger partial charge >= 0.3 is 19.8 Å². The molecule has 0 aliphatic heterocycles. The van der Waals surface area contributed by atoms with Gasteiger partial charge < -0.3 is 25.2 Å². The van der Waals surface area contributed by atoms with Gasteiger partial charge in [-0.2, -0.15) is 0 Å². The van der Waals surface area contributed by atoms with Crippen molar-refractivity contribution in [1.29, 1.82) is 0 Å². The molecule has 316 valence electrons. The van der Waals surface area contributed by atoms with Gasteiger partial charge in [0.15, 0.2) is 6.04 Å². The summed E-state index contributed by atoms with van der Waals surface area (Å²) >= 11 is 0. The lowest BCUT2D eigenvalue weighted by molar-refractivity contribution is -0.147. The van der Waals surface area contributed by atoms with E-state index in [1.807, 2.05) is 0 Å². The molecule has 0 aromatic carbocycles. The van der Waals surface area contributed by atoms with Crippen molar-refractivity contribution in [2.24, 2.45) is 0 Å². The van der Waals surface area contributed by atoms with E-state index < -0.39 is 57.6 Å². The number of hydrogen-bond donors (Lipinski definition) is 4. The fourth-order valence-electron chi connectivity index (χ4n) is 5.83. The Hall–Kier alpha value is -2.04. The van der Waals surface area contributed by atoms with Crippen molar-refractivity contribution in [2.75, 3.05) is 19.8 Å². The van der Waals surface area contributed by atoms with Crippen molar-refractivity contribution in [1.82, 2.24) is 5.32 Å². The lowest BCUT2D eigenvalue weighted by atomic mass is 10.1. The first kappa shape index (κ1) is 52.0. The highest BCUT2D eigenvalue weighted by molar-refractivity contribution is 7.47. The van der Waals surface area contributed by atoms with Crippen LogP contribution in [0.15, 0.2) is 24.3 Å². The molecule has 1 amide bonds. The van der Waals surface area contributed by atoms with E-state index in [1.165, 1.54) is 77.0 Å². The summed E-state index contributed by atoms with van der Waals surface area (Å²) in [5.41, 5.74) is 0. The Morgan fingerprint density at radius 2 is 0.963 bits per heavy atom. The van der Waals surface area contributed by atoms with Gasteiger partial charge in [0.2, 0.25) is 5.91 Å². The molecule has 0 rings (SSSR count). The summed E-state index contributed by atoms with van der Waals surface area (Å²) in [5.74, 6) is -2.39. The van der Waals surface area contributed by atoms with Crippen LogP contribution < -0.4 is 5.32 Å². The van der Waals surface area contributed by atoms with Crippen molar-refractivity contribution < 1.29 is 47.8 Å². The summed E-state index contributed by atoms with van der Waals surface area (Å²) in [6.45, 7) is 2.56. The number of carboxylic acids is 1. The number of ether oxygens (including phenoxy) is 1. The summed E-state index contributed by atoms with van der Waals surface area (Å²) < 4.78 is 26.8. The number of aliphatic hydroxyl groups excluding tert-OH is 1. The largest absolute Gasteiger partial charge is 0.480 e. The zero-order valence-electron chi connectivity index (χ0n) is 34.0. The average Bonchev–Trinajstić information content (AvgIpc) is 3.14. The van der Waals surface area contributed by atoms with Crippen LogP contribution >= 0.6 is 7.82 Å². The van der Waals surface area contributed by atoms with Crippen LogP contribution in [0.25, 0.3) is 0 Å². The number of unbranched alkanes of at least 4 members (excludes halogenated alkanes) is 22. The van der Waals surface area contributed by atoms with E-state index in [-0.39, 0.29) is 12.8 Å².